The smallest absolute Gasteiger partial charge is 0.261 e. The summed E-state index contributed by atoms with van der Waals surface area (Å²) in [6.45, 7) is 0. The second-order valence-corrected chi connectivity index (χ2v) is 8.60. The topological polar surface area (TPSA) is 73.9 Å². The van der Waals surface area contributed by atoms with E-state index in [9.17, 15) is 8.42 Å². The van der Waals surface area contributed by atoms with E-state index < -0.39 is 10.0 Å². The van der Waals surface area contributed by atoms with Gasteiger partial charge < -0.3 is 14.2 Å². The first kappa shape index (κ1) is 22.5. The van der Waals surface area contributed by atoms with Crippen molar-refractivity contribution in [2.24, 2.45) is 0 Å². The molecule has 31 heavy (non-hydrogen) atoms. The molecule has 0 aliphatic carbocycles. The SMILES string of the molecule is COc1cc(C=Cc2cccc(NS(=O)(=O)c3ccc(Cl)cc3)c2)cc(OC)c1OC. The Balaban J connectivity index is 1.84. The maximum absolute atomic E-state index is 12.6. The van der Waals surface area contributed by atoms with Gasteiger partial charge in [0.1, 0.15) is 0 Å². The maximum Gasteiger partial charge on any atom is 0.261 e. The van der Waals surface area contributed by atoms with Gasteiger partial charge in [-0.1, -0.05) is 35.9 Å². The average Bonchev–Trinajstić information content (AvgIpc) is 2.77. The highest BCUT2D eigenvalue weighted by Gasteiger charge is 2.14. The molecule has 1 N–H and O–H groups in total. The van der Waals surface area contributed by atoms with Crippen LogP contribution in [0.4, 0.5) is 5.69 Å². The summed E-state index contributed by atoms with van der Waals surface area (Å²) >= 11 is 5.84. The Morgan fingerprint density at radius 2 is 1.42 bits per heavy atom. The van der Waals surface area contributed by atoms with Crippen LogP contribution in [0.1, 0.15) is 11.1 Å². The van der Waals surface area contributed by atoms with Gasteiger partial charge in [0.05, 0.1) is 26.2 Å². The van der Waals surface area contributed by atoms with Gasteiger partial charge >= 0.3 is 0 Å². The number of rotatable bonds is 8. The minimum Gasteiger partial charge on any atom is -0.493 e. The van der Waals surface area contributed by atoms with Crippen LogP contribution >= 0.6 is 11.6 Å². The van der Waals surface area contributed by atoms with Crippen LogP contribution in [0.15, 0.2) is 65.6 Å². The standard InChI is InChI=1S/C23H22ClNO5S/c1-28-21-14-17(15-22(29-2)23(21)30-3)8-7-16-5-4-6-19(13-16)25-31(26,27)20-11-9-18(24)10-12-20/h4-15,25H,1-3H3. The van der Waals surface area contributed by atoms with Crippen LogP contribution in [0.2, 0.25) is 5.02 Å². The summed E-state index contributed by atoms with van der Waals surface area (Å²) in [5.74, 6) is 1.61. The van der Waals surface area contributed by atoms with E-state index >= 15 is 0 Å². The van der Waals surface area contributed by atoms with Crippen LogP contribution in [0.3, 0.4) is 0 Å². The summed E-state index contributed by atoms with van der Waals surface area (Å²) in [6.07, 6.45) is 3.73. The Labute approximate surface area is 187 Å². The fourth-order valence-electron chi connectivity index (χ4n) is 2.92. The molecule has 8 heteroatoms. The van der Waals surface area contributed by atoms with Gasteiger partial charge in [0.15, 0.2) is 11.5 Å². The molecule has 0 aromatic heterocycles. The summed E-state index contributed by atoms with van der Waals surface area (Å²) in [5.41, 5.74) is 2.09. The Bertz CT molecular complexity index is 1170. The van der Waals surface area contributed by atoms with E-state index in [0.29, 0.717) is 28.0 Å². The molecule has 162 valence electrons. The summed E-state index contributed by atoms with van der Waals surface area (Å²) in [5, 5.41) is 0.470. The molecule has 0 radical (unpaired) electrons. The molecule has 3 rings (SSSR count). The van der Waals surface area contributed by atoms with Gasteiger partial charge in [-0.05, 0) is 59.7 Å². The zero-order valence-corrected chi connectivity index (χ0v) is 18.8. The van der Waals surface area contributed by atoms with Crippen molar-refractivity contribution >= 4 is 39.5 Å². The van der Waals surface area contributed by atoms with Crippen molar-refractivity contribution in [3.8, 4) is 17.2 Å². The predicted octanol–water partition coefficient (Wildman–Crippen LogP) is 5.34. The number of nitrogens with one attached hydrogen (secondary N) is 1. The summed E-state index contributed by atoms with van der Waals surface area (Å²) < 4.78 is 43.8. The molecule has 6 nitrogen and oxygen atoms in total. The monoisotopic (exact) mass is 459 g/mol. The molecule has 0 saturated carbocycles. The molecule has 0 unspecified atom stereocenters. The zero-order valence-electron chi connectivity index (χ0n) is 17.3. The molecule has 3 aromatic rings. The van der Waals surface area contributed by atoms with Gasteiger partial charge in [-0.2, -0.15) is 0 Å². The van der Waals surface area contributed by atoms with E-state index in [0.717, 1.165) is 11.1 Å². The van der Waals surface area contributed by atoms with E-state index in [2.05, 4.69) is 4.72 Å². The second kappa shape index (κ2) is 9.76. The molecule has 0 spiro atoms. The summed E-state index contributed by atoms with van der Waals surface area (Å²) in [4.78, 5) is 0.135. The lowest BCUT2D eigenvalue weighted by atomic mass is 10.1. The van der Waals surface area contributed by atoms with Crippen LogP contribution in [-0.4, -0.2) is 29.7 Å². The van der Waals surface area contributed by atoms with Crippen LogP contribution in [0.25, 0.3) is 12.2 Å². The number of anilines is 1. The number of sulfonamides is 1. The third kappa shape index (κ3) is 5.51. The number of methoxy groups -OCH3 is 3. The van der Waals surface area contributed by atoms with Gasteiger partial charge in [-0.25, -0.2) is 8.42 Å². The van der Waals surface area contributed by atoms with Crippen LogP contribution in [0, 0.1) is 0 Å². The highest BCUT2D eigenvalue weighted by atomic mass is 35.5. The number of hydrogen-bond donors (Lipinski definition) is 1. The Hall–Kier alpha value is -3.16. The van der Waals surface area contributed by atoms with Gasteiger partial charge in [-0.15, -0.1) is 0 Å². The van der Waals surface area contributed by atoms with Gasteiger partial charge in [0.2, 0.25) is 5.75 Å². The maximum atomic E-state index is 12.6. The van der Waals surface area contributed by atoms with Crippen LogP contribution in [-0.2, 0) is 10.0 Å². The molecular formula is C23H22ClNO5S. The van der Waals surface area contributed by atoms with E-state index in [4.69, 9.17) is 25.8 Å². The average molecular weight is 460 g/mol. The van der Waals surface area contributed by atoms with Crippen LogP contribution in [0.5, 0.6) is 17.2 Å². The van der Waals surface area contributed by atoms with E-state index in [1.807, 2.05) is 30.4 Å². The lowest BCUT2D eigenvalue weighted by Crippen LogP contribution is -2.12. The van der Waals surface area contributed by atoms with Crippen molar-refractivity contribution in [1.82, 2.24) is 0 Å². The molecule has 0 aliphatic heterocycles. The molecule has 0 fully saturated rings. The van der Waals surface area contributed by atoms with Gasteiger partial charge in [0.25, 0.3) is 10.0 Å². The second-order valence-electron chi connectivity index (χ2n) is 6.48. The van der Waals surface area contributed by atoms with Gasteiger partial charge in [-0.3, -0.25) is 4.72 Å². The lowest BCUT2D eigenvalue weighted by molar-refractivity contribution is 0.324. The van der Waals surface area contributed by atoms with Crippen LogP contribution < -0.4 is 18.9 Å². The molecule has 3 aromatic carbocycles. The van der Waals surface area contributed by atoms with Crippen molar-refractivity contribution in [3.05, 3.63) is 76.8 Å². The van der Waals surface area contributed by atoms with E-state index in [1.165, 1.54) is 24.3 Å². The van der Waals surface area contributed by atoms with Crippen molar-refractivity contribution in [2.45, 2.75) is 4.90 Å². The molecule has 0 heterocycles. The van der Waals surface area contributed by atoms with E-state index in [-0.39, 0.29) is 4.90 Å². The van der Waals surface area contributed by atoms with Crippen molar-refractivity contribution in [1.29, 1.82) is 0 Å². The molecule has 0 saturated heterocycles. The molecule has 0 aliphatic rings. The Morgan fingerprint density at radius 3 is 2.00 bits per heavy atom. The first-order valence-electron chi connectivity index (χ1n) is 9.23. The third-order valence-electron chi connectivity index (χ3n) is 4.42. The lowest BCUT2D eigenvalue weighted by Gasteiger charge is -2.12. The van der Waals surface area contributed by atoms with E-state index in [1.54, 1.807) is 39.5 Å². The van der Waals surface area contributed by atoms with Crippen molar-refractivity contribution in [3.63, 3.8) is 0 Å². The molecule has 0 bridgehead atoms. The van der Waals surface area contributed by atoms with Crippen molar-refractivity contribution in [2.75, 3.05) is 26.1 Å². The highest BCUT2D eigenvalue weighted by molar-refractivity contribution is 7.92. The molecule has 0 atom stereocenters. The minimum absolute atomic E-state index is 0.135. The highest BCUT2D eigenvalue weighted by Crippen LogP contribution is 2.38. The number of ether oxygens (including phenoxy) is 3. The fraction of sp³-hybridized carbons (Fsp3) is 0.130. The Morgan fingerprint density at radius 1 is 0.806 bits per heavy atom. The zero-order chi connectivity index (χ0) is 22.4. The minimum atomic E-state index is -3.72. The number of benzene rings is 3. The Kier molecular flexibility index (Phi) is 7.09. The normalized spacial score (nSPS) is 11.4. The largest absolute Gasteiger partial charge is 0.493 e. The first-order chi connectivity index (χ1) is 14.9. The summed E-state index contributed by atoms with van der Waals surface area (Å²) in [6, 6.07) is 16.7. The number of halogens is 1. The first-order valence-corrected chi connectivity index (χ1v) is 11.1. The fourth-order valence-corrected chi connectivity index (χ4v) is 4.10. The summed E-state index contributed by atoms with van der Waals surface area (Å²) in [7, 11) is 0.942. The molecule has 0 amide bonds. The quantitative estimate of drug-likeness (QED) is 0.460. The molecular weight excluding hydrogens is 438 g/mol. The van der Waals surface area contributed by atoms with Gasteiger partial charge in [0, 0.05) is 10.7 Å². The number of hydrogen-bond acceptors (Lipinski definition) is 5. The predicted molar refractivity (Wildman–Crippen MR) is 124 cm³/mol. The van der Waals surface area contributed by atoms with Crippen molar-refractivity contribution < 1.29 is 22.6 Å². The third-order valence-corrected chi connectivity index (χ3v) is 6.07.